The summed E-state index contributed by atoms with van der Waals surface area (Å²) in [4.78, 5) is 0. The van der Waals surface area contributed by atoms with Gasteiger partial charge in [-0.3, -0.25) is 0 Å². The smallest absolute Gasteiger partial charge is 0.250 e. The molecule has 0 amide bonds. The molecule has 0 bridgehead atoms. The fraction of sp³-hybridized carbons (Fsp3) is 0.636. The Hall–Kier alpha value is -0.0800. The molecule has 0 aliphatic carbocycles. The lowest BCUT2D eigenvalue weighted by molar-refractivity contribution is 0.282. The van der Waals surface area contributed by atoms with Crippen molar-refractivity contribution in [2.45, 2.75) is 37.1 Å². The summed E-state index contributed by atoms with van der Waals surface area (Å²) in [5.41, 5.74) is 0.634. The van der Waals surface area contributed by atoms with E-state index in [1.54, 1.807) is 17.1 Å². The minimum Gasteiger partial charge on any atom is -0.392 e. The third-order valence-electron chi connectivity index (χ3n) is 2.33. The number of hydrogen-bond donors (Lipinski definition) is 2. The SMILES string of the molecule is CCSCCC(C)NS(=O)(=O)c1cc(CO)cs1. The van der Waals surface area contributed by atoms with Gasteiger partial charge in [0.15, 0.2) is 0 Å². The second kappa shape index (κ2) is 7.49. The van der Waals surface area contributed by atoms with E-state index in [1.165, 1.54) is 6.07 Å². The highest BCUT2D eigenvalue weighted by Gasteiger charge is 2.19. The molecule has 2 N–H and O–H groups in total. The van der Waals surface area contributed by atoms with Crippen molar-refractivity contribution < 1.29 is 13.5 Å². The summed E-state index contributed by atoms with van der Waals surface area (Å²) in [5.74, 6) is 2.00. The number of sulfonamides is 1. The molecule has 104 valence electrons. The van der Waals surface area contributed by atoms with Gasteiger partial charge in [-0.05, 0) is 41.9 Å². The predicted octanol–water partition coefficient (Wildman–Crippen LogP) is 2.05. The van der Waals surface area contributed by atoms with Gasteiger partial charge in [0.05, 0.1) is 6.61 Å². The van der Waals surface area contributed by atoms with Crippen LogP contribution in [0.5, 0.6) is 0 Å². The van der Waals surface area contributed by atoms with E-state index in [-0.39, 0.29) is 16.9 Å². The molecule has 0 aliphatic rings. The topological polar surface area (TPSA) is 66.4 Å². The van der Waals surface area contributed by atoms with Crippen molar-refractivity contribution in [3.05, 3.63) is 17.0 Å². The first-order valence-electron chi connectivity index (χ1n) is 5.78. The van der Waals surface area contributed by atoms with E-state index in [4.69, 9.17) is 5.11 Å². The summed E-state index contributed by atoms with van der Waals surface area (Å²) in [5, 5.41) is 10.6. The molecule has 1 aromatic heterocycles. The molecule has 0 radical (unpaired) electrons. The zero-order valence-corrected chi connectivity index (χ0v) is 13.0. The minimum atomic E-state index is -3.44. The molecule has 0 aliphatic heterocycles. The van der Waals surface area contributed by atoms with Crippen LogP contribution in [-0.2, 0) is 16.6 Å². The fourth-order valence-corrected chi connectivity index (χ4v) is 4.67. The normalized spacial score (nSPS) is 13.7. The van der Waals surface area contributed by atoms with E-state index in [0.29, 0.717) is 5.56 Å². The number of thioether (sulfide) groups is 1. The van der Waals surface area contributed by atoms with Crippen LogP contribution in [0.4, 0.5) is 0 Å². The maximum atomic E-state index is 12.0. The Morgan fingerprint density at radius 3 is 2.83 bits per heavy atom. The van der Waals surface area contributed by atoms with E-state index in [9.17, 15) is 8.42 Å². The molecule has 0 saturated heterocycles. The van der Waals surface area contributed by atoms with Crippen LogP contribution in [0.1, 0.15) is 25.8 Å². The summed E-state index contributed by atoms with van der Waals surface area (Å²) in [7, 11) is -3.44. The van der Waals surface area contributed by atoms with Crippen molar-refractivity contribution in [1.82, 2.24) is 4.72 Å². The van der Waals surface area contributed by atoms with Crippen LogP contribution in [0.3, 0.4) is 0 Å². The standard InChI is InChI=1S/C11H19NO3S3/c1-3-16-5-4-9(2)12-18(14,15)11-6-10(7-13)8-17-11/h6,8-9,12-13H,3-5,7H2,1-2H3. The highest BCUT2D eigenvalue weighted by molar-refractivity contribution is 7.99. The van der Waals surface area contributed by atoms with Crippen molar-refractivity contribution in [2.24, 2.45) is 0 Å². The van der Waals surface area contributed by atoms with Crippen LogP contribution in [0.15, 0.2) is 15.7 Å². The maximum absolute atomic E-state index is 12.0. The molecular weight excluding hydrogens is 290 g/mol. The molecule has 0 aromatic carbocycles. The van der Waals surface area contributed by atoms with Gasteiger partial charge in [-0.2, -0.15) is 11.8 Å². The van der Waals surface area contributed by atoms with E-state index < -0.39 is 10.0 Å². The van der Waals surface area contributed by atoms with Gasteiger partial charge in [-0.25, -0.2) is 13.1 Å². The number of aliphatic hydroxyl groups excluding tert-OH is 1. The second-order valence-electron chi connectivity index (χ2n) is 3.94. The second-order valence-corrected chi connectivity index (χ2v) is 8.19. The summed E-state index contributed by atoms with van der Waals surface area (Å²) in [6.45, 7) is 3.82. The third-order valence-corrected chi connectivity index (χ3v) is 6.34. The van der Waals surface area contributed by atoms with Gasteiger partial charge >= 0.3 is 0 Å². The largest absolute Gasteiger partial charge is 0.392 e. The molecule has 1 unspecified atom stereocenters. The average molecular weight is 309 g/mol. The Bertz CT molecular complexity index is 456. The Kier molecular flexibility index (Phi) is 6.65. The Morgan fingerprint density at radius 2 is 2.28 bits per heavy atom. The van der Waals surface area contributed by atoms with Gasteiger partial charge in [-0.15, -0.1) is 11.3 Å². The Balaban J connectivity index is 2.58. The minimum absolute atomic E-state index is 0.0753. The molecule has 1 atom stereocenters. The van der Waals surface area contributed by atoms with Crippen molar-refractivity contribution in [3.63, 3.8) is 0 Å². The van der Waals surface area contributed by atoms with Crippen LogP contribution < -0.4 is 4.72 Å². The molecule has 1 aromatic rings. The zero-order chi connectivity index (χ0) is 13.6. The van der Waals surface area contributed by atoms with Crippen LogP contribution in [0, 0.1) is 0 Å². The number of hydrogen-bond acceptors (Lipinski definition) is 5. The van der Waals surface area contributed by atoms with Gasteiger partial charge in [0.2, 0.25) is 10.0 Å². The lowest BCUT2D eigenvalue weighted by Gasteiger charge is -2.12. The quantitative estimate of drug-likeness (QED) is 0.721. The van der Waals surface area contributed by atoms with Crippen LogP contribution in [-0.4, -0.2) is 31.1 Å². The molecule has 0 saturated carbocycles. The molecule has 1 heterocycles. The molecule has 7 heteroatoms. The van der Waals surface area contributed by atoms with Crippen molar-refractivity contribution in [3.8, 4) is 0 Å². The first-order chi connectivity index (χ1) is 8.49. The average Bonchev–Trinajstić information content (AvgIpc) is 2.78. The van der Waals surface area contributed by atoms with Crippen LogP contribution in [0.2, 0.25) is 0 Å². The van der Waals surface area contributed by atoms with Gasteiger partial charge < -0.3 is 5.11 Å². The van der Waals surface area contributed by atoms with Gasteiger partial charge in [0, 0.05) is 6.04 Å². The Morgan fingerprint density at radius 1 is 1.56 bits per heavy atom. The van der Waals surface area contributed by atoms with Crippen LogP contribution in [0.25, 0.3) is 0 Å². The first kappa shape index (κ1) is 16.0. The Labute approximate surface area is 117 Å². The predicted molar refractivity (Wildman–Crippen MR) is 77.6 cm³/mol. The summed E-state index contributed by atoms with van der Waals surface area (Å²) in [6, 6.07) is 1.44. The zero-order valence-electron chi connectivity index (χ0n) is 10.5. The van der Waals surface area contributed by atoms with E-state index in [0.717, 1.165) is 29.3 Å². The van der Waals surface area contributed by atoms with Gasteiger partial charge in [-0.1, -0.05) is 6.92 Å². The molecule has 0 spiro atoms. The molecule has 18 heavy (non-hydrogen) atoms. The summed E-state index contributed by atoms with van der Waals surface area (Å²) >= 11 is 2.94. The highest BCUT2D eigenvalue weighted by atomic mass is 32.2. The van der Waals surface area contributed by atoms with E-state index in [1.807, 2.05) is 6.92 Å². The first-order valence-corrected chi connectivity index (χ1v) is 9.29. The van der Waals surface area contributed by atoms with Gasteiger partial charge in [0.25, 0.3) is 0 Å². The van der Waals surface area contributed by atoms with Gasteiger partial charge in [0.1, 0.15) is 4.21 Å². The monoisotopic (exact) mass is 309 g/mol. The number of thiophene rings is 1. The lowest BCUT2D eigenvalue weighted by Crippen LogP contribution is -2.32. The van der Waals surface area contributed by atoms with Crippen molar-refractivity contribution >= 4 is 33.1 Å². The maximum Gasteiger partial charge on any atom is 0.250 e. The molecular formula is C11H19NO3S3. The van der Waals surface area contributed by atoms with E-state index >= 15 is 0 Å². The third kappa shape index (κ3) is 4.89. The lowest BCUT2D eigenvalue weighted by atomic mass is 10.3. The number of nitrogens with one attached hydrogen (secondary N) is 1. The molecule has 0 fully saturated rings. The highest BCUT2D eigenvalue weighted by Crippen LogP contribution is 2.20. The molecule has 1 rings (SSSR count). The molecule has 4 nitrogen and oxygen atoms in total. The van der Waals surface area contributed by atoms with Crippen molar-refractivity contribution in [1.29, 1.82) is 0 Å². The summed E-state index contributed by atoms with van der Waals surface area (Å²) in [6.07, 6.45) is 0.815. The fourth-order valence-electron chi connectivity index (χ4n) is 1.36. The number of rotatable bonds is 8. The number of aliphatic hydroxyl groups is 1. The van der Waals surface area contributed by atoms with Crippen molar-refractivity contribution in [2.75, 3.05) is 11.5 Å². The van der Waals surface area contributed by atoms with Crippen LogP contribution >= 0.6 is 23.1 Å². The van der Waals surface area contributed by atoms with E-state index in [2.05, 4.69) is 11.6 Å². The summed E-state index contributed by atoms with van der Waals surface area (Å²) < 4.78 is 27.0.